The van der Waals surface area contributed by atoms with Crippen molar-refractivity contribution in [2.45, 2.75) is 32.6 Å². The molecular formula is C23H22O. The number of fused-ring (bicyclic) bond motifs is 3. The van der Waals surface area contributed by atoms with Gasteiger partial charge < -0.3 is 4.42 Å². The minimum Gasteiger partial charge on any atom is -0.455 e. The normalized spacial score (nSPS) is 12.1. The van der Waals surface area contributed by atoms with Crippen molar-refractivity contribution in [3.8, 4) is 0 Å². The van der Waals surface area contributed by atoms with Crippen molar-refractivity contribution >= 4 is 21.9 Å². The average molecular weight is 314 g/mol. The fourth-order valence-electron chi connectivity index (χ4n) is 3.42. The first-order valence-corrected chi connectivity index (χ1v) is 8.51. The molecule has 0 atom stereocenters. The van der Waals surface area contributed by atoms with E-state index in [1.54, 1.807) is 0 Å². The summed E-state index contributed by atoms with van der Waals surface area (Å²) >= 11 is 0. The monoisotopic (exact) mass is 314 g/mol. The van der Waals surface area contributed by atoms with Crippen LogP contribution in [0.2, 0.25) is 0 Å². The molecule has 0 N–H and O–H groups in total. The average Bonchev–Trinajstić information content (AvgIpc) is 2.95. The zero-order valence-corrected chi connectivity index (χ0v) is 14.5. The van der Waals surface area contributed by atoms with Crippen LogP contribution in [0.25, 0.3) is 21.9 Å². The highest BCUT2D eigenvalue weighted by Crippen LogP contribution is 2.37. The first-order valence-electron chi connectivity index (χ1n) is 8.51. The lowest BCUT2D eigenvalue weighted by Crippen LogP contribution is -2.10. The van der Waals surface area contributed by atoms with Gasteiger partial charge in [0.1, 0.15) is 11.2 Å². The summed E-state index contributed by atoms with van der Waals surface area (Å²) in [4.78, 5) is 0. The summed E-state index contributed by atoms with van der Waals surface area (Å²) in [7, 11) is 0. The molecule has 0 aliphatic carbocycles. The van der Waals surface area contributed by atoms with Crippen molar-refractivity contribution in [3.63, 3.8) is 0 Å². The van der Waals surface area contributed by atoms with Gasteiger partial charge >= 0.3 is 0 Å². The summed E-state index contributed by atoms with van der Waals surface area (Å²) in [6.07, 6.45) is 0.892. The maximum atomic E-state index is 6.41. The second-order valence-electron chi connectivity index (χ2n) is 7.49. The van der Waals surface area contributed by atoms with Crippen molar-refractivity contribution in [1.82, 2.24) is 0 Å². The van der Waals surface area contributed by atoms with E-state index in [2.05, 4.69) is 87.5 Å². The third kappa shape index (κ3) is 2.50. The largest absolute Gasteiger partial charge is 0.455 e. The molecule has 0 aliphatic rings. The Bertz CT molecular complexity index is 1000. The molecule has 0 saturated carbocycles. The molecule has 120 valence electrons. The predicted octanol–water partition coefficient (Wildman–Crippen LogP) is 6.47. The van der Waals surface area contributed by atoms with Crippen LogP contribution in [-0.2, 0) is 11.8 Å². The number of benzene rings is 3. The number of hydrogen-bond donors (Lipinski definition) is 0. The van der Waals surface area contributed by atoms with Crippen LogP contribution in [-0.4, -0.2) is 0 Å². The van der Waals surface area contributed by atoms with E-state index in [1.807, 2.05) is 0 Å². The van der Waals surface area contributed by atoms with E-state index in [0.717, 1.165) is 17.6 Å². The predicted molar refractivity (Wildman–Crippen MR) is 102 cm³/mol. The molecule has 24 heavy (non-hydrogen) atoms. The Morgan fingerprint density at radius 1 is 0.708 bits per heavy atom. The Labute approximate surface area is 142 Å². The van der Waals surface area contributed by atoms with E-state index in [-0.39, 0.29) is 5.41 Å². The molecule has 0 spiro atoms. The molecular weight excluding hydrogens is 292 g/mol. The minimum absolute atomic E-state index is 0.0625. The van der Waals surface area contributed by atoms with E-state index in [1.165, 1.54) is 27.5 Å². The molecule has 3 aromatic carbocycles. The Morgan fingerprint density at radius 2 is 1.38 bits per heavy atom. The molecule has 1 heterocycles. The highest BCUT2D eigenvalue weighted by molar-refractivity contribution is 6.07. The Kier molecular flexibility index (Phi) is 3.45. The highest BCUT2D eigenvalue weighted by atomic mass is 16.3. The first-order chi connectivity index (χ1) is 11.5. The summed E-state index contributed by atoms with van der Waals surface area (Å²) in [6, 6.07) is 23.5. The van der Waals surface area contributed by atoms with E-state index in [0.29, 0.717) is 0 Å². The summed E-state index contributed by atoms with van der Waals surface area (Å²) < 4.78 is 6.41. The molecule has 1 nitrogen and oxygen atoms in total. The number of rotatable bonds is 2. The quantitative estimate of drug-likeness (QED) is 0.413. The third-order valence-corrected chi connectivity index (χ3v) is 4.65. The second-order valence-corrected chi connectivity index (χ2v) is 7.49. The van der Waals surface area contributed by atoms with Gasteiger partial charge in [-0.2, -0.15) is 0 Å². The van der Waals surface area contributed by atoms with Crippen LogP contribution in [0.1, 0.15) is 37.5 Å². The molecule has 1 heteroatoms. The van der Waals surface area contributed by atoms with Gasteiger partial charge in [-0.25, -0.2) is 0 Å². The van der Waals surface area contributed by atoms with E-state index < -0.39 is 0 Å². The van der Waals surface area contributed by atoms with Gasteiger partial charge in [0.05, 0.1) is 0 Å². The van der Waals surface area contributed by atoms with Crippen LogP contribution in [0.15, 0.2) is 71.1 Å². The van der Waals surface area contributed by atoms with Crippen molar-refractivity contribution in [1.29, 1.82) is 0 Å². The van der Waals surface area contributed by atoms with Gasteiger partial charge in [-0.15, -0.1) is 0 Å². The van der Waals surface area contributed by atoms with Crippen LogP contribution in [0.3, 0.4) is 0 Å². The summed E-state index contributed by atoms with van der Waals surface area (Å²) in [5.74, 6) is 0. The fraction of sp³-hybridized carbons (Fsp3) is 0.217. The van der Waals surface area contributed by atoms with Crippen LogP contribution in [0.5, 0.6) is 0 Å². The van der Waals surface area contributed by atoms with Crippen molar-refractivity contribution < 1.29 is 4.42 Å². The van der Waals surface area contributed by atoms with E-state index in [4.69, 9.17) is 4.42 Å². The standard InChI is InChI=1S/C23H22O/c1-23(2,3)20-14-8-13-19-18-12-7-11-17(21(18)24-22(19)20)15-16-9-5-4-6-10-16/h4-14H,15H2,1-3H3. The lowest BCUT2D eigenvalue weighted by molar-refractivity contribution is 0.572. The van der Waals surface area contributed by atoms with Crippen molar-refractivity contribution in [2.24, 2.45) is 0 Å². The summed E-state index contributed by atoms with van der Waals surface area (Å²) in [5.41, 5.74) is 5.93. The summed E-state index contributed by atoms with van der Waals surface area (Å²) in [6.45, 7) is 6.71. The van der Waals surface area contributed by atoms with E-state index >= 15 is 0 Å². The molecule has 0 saturated heterocycles. The lowest BCUT2D eigenvalue weighted by atomic mass is 9.86. The minimum atomic E-state index is 0.0625. The van der Waals surface area contributed by atoms with Crippen molar-refractivity contribution in [2.75, 3.05) is 0 Å². The van der Waals surface area contributed by atoms with Gasteiger partial charge in [0.25, 0.3) is 0 Å². The topological polar surface area (TPSA) is 13.1 Å². The molecule has 0 bridgehead atoms. The molecule has 0 unspecified atom stereocenters. The zero-order valence-electron chi connectivity index (χ0n) is 14.5. The van der Waals surface area contributed by atoms with Crippen LogP contribution >= 0.6 is 0 Å². The van der Waals surface area contributed by atoms with Crippen LogP contribution in [0, 0.1) is 0 Å². The SMILES string of the molecule is CC(C)(C)c1cccc2c1oc1c(Cc3ccccc3)cccc12. The highest BCUT2D eigenvalue weighted by Gasteiger charge is 2.21. The first kappa shape index (κ1) is 15.0. The second kappa shape index (κ2) is 5.52. The van der Waals surface area contributed by atoms with Gasteiger partial charge in [0.2, 0.25) is 0 Å². The molecule has 1 aromatic heterocycles. The molecule has 0 fully saturated rings. The van der Waals surface area contributed by atoms with E-state index in [9.17, 15) is 0 Å². The summed E-state index contributed by atoms with van der Waals surface area (Å²) in [5, 5.41) is 2.43. The Hall–Kier alpha value is -2.54. The molecule has 4 aromatic rings. The molecule has 0 radical (unpaired) electrons. The number of furan rings is 1. The smallest absolute Gasteiger partial charge is 0.139 e. The maximum Gasteiger partial charge on any atom is 0.139 e. The van der Waals surface area contributed by atoms with Gasteiger partial charge in [0, 0.05) is 22.8 Å². The number of para-hydroxylation sites is 2. The molecule has 0 aliphatic heterocycles. The van der Waals surface area contributed by atoms with Crippen LogP contribution < -0.4 is 0 Å². The van der Waals surface area contributed by atoms with Gasteiger partial charge in [-0.05, 0) is 16.5 Å². The molecule has 0 amide bonds. The van der Waals surface area contributed by atoms with Crippen LogP contribution in [0.4, 0.5) is 0 Å². The fourth-order valence-corrected chi connectivity index (χ4v) is 3.42. The van der Waals surface area contributed by atoms with Crippen molar-refractivity contribution in [3.05, 3.63) is 83.4 Å². The van der Waals surface area contributed by atoms with Gasteiger partial charge in [-0.3, -0.25) is 0 Å². The Balaban J connectivity index is 1.95. The maximum absolute atomic E-state index is 6.41. The molecule has 4 rings (SSSR count). The van der Waals surface area contributed by atoms with Gasteiger partial charge in [-0.1, -0.05) is 87.5 Å². The lowest BCUT2D eigenvalue weighted by Gasteiger charge is -2.18. The zero-order chi connectivity index (χ0) is 16.7. The Morgan fingerprint density at radius 3 is 2.08 bits per heavy atom. The third-order valence-electron chi connectivity index (χ3n) is 4.65. The van der Waals surface area contributed by atoms with Gasteiger partial charge in [0.15, 0.2) is 0 Å². The number of hydrogen-bond acceptors (Lipinski definition) is 1.